The molecule has 0 unspecified atom stereocenters. The van der Waals surface area contributed by atoms with Crippen molar-refractivity contribution in [2.75, 3.05) is 14.2 Å². The number of rotatable bonds is 7. The molecule has 0 aliphatic heterocycles. The first-order valence-electron chi connectivity index (χ1n) is 8.07. The topological polar surface area (TPSA) is 112 Å². The molecule has 1 aromatic heterocycles. The van der Waals surface area contributed by atoms with E-state index >= 15 is 0 Å². The molecular weight excluding hydrogens is 408 g/mol. The van der Waals surface area contributed by atoms with E-state index in [-0.39, 0.29) is 34.3 Å². The highest BCUT2D eigenvalue weighted by atomic mass is 35.5. The lowest BCUT2D eigenvalue weighted by molar-refractivity contribution is -0.139. The number of carbonyl (C=O) groups excluding carboxylic acids is 2. The predicted octanol–water partition coefficient (Wildman–Crippen LogP) is 2.02. The van der Waals surface area contributed by atoms with Crippen LogP contribution in [0.2, 0.25) is 5.15 Å². The summed E-state index contributed by atoms with van der Waals surface area (Å²) in [6, 6.07) is 7.43. The molecule has 0 fully saturated rings. The van der Waals surface area contributed by atoms with Crippen molar-refractivity contribution in [1.29, 1.82) is 0 Å². The number of esters is 2. The maximum atomic E-state index is 12.8. The molecular formula is C18H19ClN2O6S. The fourth-order valence-electron chi connectivity index (χ4n) is 2.48. The fraction of sp³-hybridized carbons (Fsp3) is 0.278. The molecule has 150 valence electrons. The minimum Gasteiger partial charge on any atom is -0.469 e. The number of halogens is 1. The Hall–Kier alpha value is -2.49. The third-order valence-electron chi connectivity index (χ3n) is 3.84. The van der Waals surface area contributed by atoms with Gasteiger partial charge in [-0.3, -0.25) is 4.79 Å². The highest BCUT2D eigenvalue weighted by molar-refractivity contribution is 7.89. The Kier molecular flexibility index (Phi) is 7.11. The maximum absolute atomic E-state index is 12.8. The molecule has 0 aliphatic carbocycles. The molecule has 1 aromatic carbocycles. The highest BCUT2D eigenvalue weighted by Crippen LogP contribution is 2.20. The molecule has 1 heterocycles. The van der Waals surface area contributed by atoms with Gasteiger partial charge in [-0.25, -0.2) is 22.9 Å². The Morgan fingerprint density at radius 1 is 1.14 bits per heavy atom. The van der Waals surface area contributed by atoms with E-state index in [1.54, 1.807) is 19.1 Å². The van der Waals surface area contributed by atoms with Crippen LogP contribution in [0.5, 0.6) is 0 Å². The number of aryl methyl sites for hydroxylation is 1. The Morgan fingerprint density at radius 3 is 2.50 bits per heavy atom. The lowest BCUT2D eigenvalue weighted by Crippen LogP contribution is -2.26. The van der Waals surface area contributed by atoms with Gasteiger partial charge in [-0.2, -0.15) is 0 Å². The van der Waals surface area contributed by atoms with Crippen molar-refractivity contribution in [1.82, 2.24) is 9.71 Å². The molecule has 0 amide bonds. The fourth-order valence-corrected chi connectivity index (χ4v) is 3.85. The number of carbonyl (C=O) groups is 2. The summed E-state index contributed by atoms with van der Waals surface area (Å²) >= 11 is 5.86. The van der Waals surface area contributed by atoms with Crippen molar-refractivity contribution in [3.05, 3.63) is 57.9 Å². The van der Waals surface area contributed by atoms with Crippen molar-refractivity contribution < 1.29 is 27.5 Å². The largest absolute Gasteiger partial charge is 0.469 e. The van der Waals surface area contributed by atoms with Crippen LogP contribution in [0.15, 0.2) is 35.2 Å². The molecule has 2 rings (SSSR count). The minimum atomic E-state index is -4.01. The zero-order valence-corrected chi connectivity index (χ0v) is 17.1. The number of benzene rings is 1. The van der Waals surface area contributed by atoms with Gasteiger partial charge in [0, 0.05) is 0 Å². The monoisotopic (exact) mass is 426 g/mol. The summed E-state index contributed by atoms with van der Waals surface area (Å²) in [5, 5.41) is 0.101. The van der Waals surface area contributed by atoms with Crippen LogP contribution in [-0.2, 0) is 37.3 Å². The summed E-state index contributed by atoms with van der Waals surface area (Å²) < 4.78 is 37.3. The Morgan fingerprint density at radius 2 is 1.86 bits per heavy atom. The van der Waals surface area contributed by atoms with E-state index in [1.165, 1.54) is 32.4 Å². The standard InChI is InChI=1S/C18H19ClN2O6S/c1-11-4-6-15(12(8-11)9-17(22)26-2)28(24,25)20-10-14-13(18(23)27-3)5-7-16(19)21-14/h4-8,20H,9-10H2,1-3H3. The average molecular weight is 427 g/mol. The van der Waals surface area contributed by atoms with E-state index in [0.717, 1.165) is 5.56 Å². The first-order valence-corrected chi connectivity index (χ1v) is 9.93. The first-order chi connectivity index (χ1) is 13.2. The number of hydrogen-bond acceptors (Lipinski definition) is 7. The average Bonchev–Trinajstić information content (AvgIpc) is 2.65. The molecule has 0 bridgehead atoms. The summed E-state index contributed by atoms with van der Waals surface area (Å²) in [4.78, 5) is 27.4. The van der Waals surface area contributed by atoms with Gasteiger partial charge >= 0.3 is 11.9 Å². The van der Waals surface area contributed by atoms with Gasteiger partial charge in [-0.05, 0) is 30.7 Å². The highest BCUT2D eigenvalue weighted by Gasteiger charge is 2.22. The Labute approximate surface area is 167 Å². The van der Waals surface area contributed by atoms with E-state index in [9.17, 15) is 18.0 Å². The van der Waals surface area contributed by atoms with Gasteiger partial charge in [0.25, 0.3) is 0 Å². The van der Waals surface area contributed by atoms with Gasteiger partial charge in [-0.1, -0.05) is 29.3 Å². The Balaban J connectivity index is 2.34. The molecule has 10 heteroatoms. The Bertz CT molecular complexity index is 1010. The van der Waals surface area contributed by atoms with Crippen LogP contribution in [0.1, 0.15) is 27.2 Å². The number of pyridine rings is 1. The number of aromatic nitrogens is 1. The molecule has 1 N–H and O–H groups in total. The normalized spacial score (nSPS) is 11.1. The number of sulfonamides is 1. The van der Waals surface area contributed by atoms with E-state index in [4.69, 9.17) is 11.6 Å². The predicted molar refractivity (Wildman–Crippen MR) is 102 cm³/mol. The van der Waals surface area contributed by atoms with Crippen LogP contribution >= 0.6 is 11.6 Å². The van der Waals surface area contributed by atoms with Crippen molar-refractivity contribution >= 4 is 33.6 Å². The van der Waals surface area contributed by atoms with E-state index < -0.39 is 22.0 Å². The summed E-state index contributed by atoms with van der Waals surface area (Å²) in [5.41, 5.74) is 1.30. The quantitative estimate of drug-likeness (QED) is 0.532. The third-order valence-corrected chi connectivity index (χ3v) is 5.56. The van der Waals surface area contributed by atoms with Crippen LogP contribution in [0, 0.1) is 6.92 Å². The molecule has 0 spiro atoms. The maximum Gasteiger partial charge on any atom is 0.339 e. The third kappa shape index (κ3) is 5.28. The van der Waals surface area contributed by atoms with Crippen LogP contribution in [0.3, 0.4) is 0 Å². The lowest BCUT2D eigenvalue weighted by atomic mass is 10.1. The van der Waals surface area contributed by atoms with Gasteiger partial charge < -0.3 is 9.47 Å². The SMILES string of the molecule is COC(=O)Cc1cc(C)ccc1S(=O)(=O)NCc1nc(Cl)ccc1C(=O)OC. The summed E-state index contributed by atoms with van der Waals surface area (Å²) in [6.45, 7) is 1.49. The second kappa shape index (κ2) is 9.13. The smallest absolute Gasteiger partial charge is 0.339 e. The second-order valence-corrected chi connectivity index (χ2v) is 7.93. The van der Waals surface area contributed by atoms with Gasteiger partial charge in [-0.15, -0.1) is 0 Å². The van der Waals surface area contributed by atoms with Gasteiger partial charge in [0.2, 0.25) is 10.0 Å². The van der Waals surface area contributed by atoms with Crippen LogP contribution < -0.4 is 4.72 Å². The summed E-state index contributed by atoms with van der Waals surface area (Å²) in [6.07, 6.45) is -0.197. The second-order valence-electron chi connectivity index (χ2n) is 5.81. The van der Waals surface area contributed by atoms with Gasteiger partial charge in [0.05, 0.1) is 43.3 Å². The van der Waals surface area contributed by atoms with E-state index in [0.29, 0.717) is 5.56 Å². The van der Waals surface area contributed by atoms with E-state index in [1.807, 2.05) is 0 Å². The van der Waals surface area contributed by atoms with Gasteiger partial charge in [0.1, 0.15) is 5.15 Å². The zero-order chi connectivity index (χ0) is 20.9. The number of ether oxygens (including phenoxy) is 2. The summed E-state index contributed by atoms with van der Waals surface area (Å²) in [5.74, 6) is -1.23. The molecule has 2 aromatic rings. The number of nitrogens with one attached hydrogen (secondary N) is 1. The number of hydrogen-bond donors (Lipinski definition) is 1. The molecule has 0 radical (unpaired) electrons. The molecule has 0 atom stereocenters. The number of nitrogens with zero attached hydrogens (tertiary/aromatic N) is 1. The van der Waals surface area contributed by atoms with Crippen molar-refractivity contribution in [2.24, 2.45) is 0 Å². The molecule has 0 saturated heterocycles. The summed E-state index contributed by atoms with van der Waals surface area (Å²) in [7, 11) is -1.58. The van der Waals surface area contributed by atoms with E-state index in [2.05, 4.69) is 19.2 Å². The minimum absolute atomic E-state index is 0.0647. The van der Waals surface area contributed by atoms with Crippen molar-refractivity contribution in [3.63, 3.8) is 0 Å². The molecule has 8 nitrogen and oxygen atoms in total. The number of methoxy groups -OCH3 is 2. The molecule has 28 heavy (non-hydrogen) atoms. The van der Waals surface area contributed by atoms with Crippen LogP contribution in [0.4, 0.5) is 0 Å². The van der Waals surface area contributed by atoms with Gasteiger partial charge in [0.15, 0.2) is 0 Å². The molecule has 0 aliphatic rings. The van der Waals surface area contributed by atoms with Crippen LogP contribution in [0.25, 0.3) is 0 Å². The van der Waals surface area contributed by atoms with Crippen molar-refractivity contribution in [3.8, 4) is 0 Å². The zero-order valence-electron chi connectivity index (χ0n) is 15.5. The first kappa shape index (κ1) is 21.8. The van der Waals surface area contributed by atoms with Crippen molar-refractivity contribution in [2.45, 2.75) is 24.8 Å². The van der Waals surface area contributed by atoms with Crippen LogP contribution in [-0.4, -0.2) is 39.6 Å². The lowest BCUT2D eigenvalue weighted by Gasteiger charge is -2.13. The molecule has 0 saturated carbocycles.